The highest BCUT2D eigenvalue weighted by Gasteiger charge is 2.13. The standard InChI is InChI=1S/C12H7F3OS/c1-6(16)10-2-3-11(17-10)7-4-8(13)12(15)9(14)5-7/h2-5H,1H3. The van der Waals surface area contributed by atoms with Crippen molar-refractivity contribution in [2.75, 3.05) is 0 Å². The summed E-state index contributed by atoms with van der Waals surface area (Å²) in [5.41, 5.74) is 0.221. The van der Waals surface area contributed by atoms with Crippen LogP contribution in [0.15, 0.2) is 24.3 Å². The Morgan fingerprint density at radius 3 is 2.18 bits per heavy atom. The Balaban J connectivity index is 2.49. The minimum absolute atomic E-state index is 0.121. The molecule has 1 aromatic heterocycles. The second-order valence-electron chi connectivity index (χ2n) is 3.47. The van der Waals surface area contributed by atoms with Crippen LogP contribution in [0.1, 0.15) is 16.6 Å². The quantitative estimate of drug-likeness (QED) is 0.585. The minimum Gasteiger partial charge on any atom is -0.294 e. The molecule has 0 aliphatic carbocycles. The summed E-state index contributed by atoms with van der Waals surface area (Å²) in [4.78, 5) is 12.1. The van der Waals surface area contributed by atoms with Crippen LogP contribution >= 0.6 is 11.3 Å². The van der Waals surface area contributed by atoms with Gasteiger partial charge >= 0.3 is 0 Å². The van der Waals surface area contributed by atoms with Crippen LogP contribution in [0.5, 0.6) is 0 Å². The molecule has 0 bridgehead atoms. The number of ketones is 1. The van der Waals surface area contributed by atoms with E-state index in [-0.39, 0.29) is 11.3 Å². The second-order valence-corrected chi connectivity index (χ2v) is 4.56. The van der Waals surface area contributed by atoms with Crippen LogP contribution in [0, 0.1) is 17.5 Å². The molecule has 0 saturated heterocycles. The molecule has 5 heteroatoms. The van der Waals surface area contributed by atoms with E-state index in [0.29, 0.717) is 9.75 Å². The Labute approximate surface area is 99.5 Å². The topological polar surface area (TPSA) is 17.1 Å². The zero-order valence-electron chi connectivity index (χ0n) is 8.76. The van der Waals surface area contributed by atoms with Gasteiger partial charge in [-0.2, -0.15) is 0 Å². The first-order chi connectivity index (χ1) is 7.99. The van der Waals surface area contributed by atoms with Crippen LogP contribution in [-0.2, 0) is 0 Å². The van der Waals surface area contributed by atoms with Crippen LogP contribution in [0.3, 0.4) is 0 Å². The highest BCUT2D eigenvalue weighted by molar-refractivity contribution is 7.17. The normalized spacial score (nSPS) is 10.6. The Bertz CT molecular complexity index is 566. The Morgan fingerprint density at radius 1 is 1.12 bits per heavy atom. The van der Waals surface area contributed by atoms with E-state index >= 15 is 0 Å². The monoisotopic (exact) mass is 256 g/mol. The third kappa shape index (κ3) is 2.24. The molecule has 0 aliphatic rings. The molecule has 2 rings (SSSR count). The molecule has 0 fully saturated rings. The van der Waals surface area contributed by atoms with Crippen molar-refractivity contribution < 1.29 is 18.0 Å². The van der Waals surface area contributed by atoms with E-state index in [0.717, 1.165) is 23.5 Å². The zero-order valence-corrected chi connectivity index (χ0v) is 9.58. The summed E-state index contributed by atoms with van der Waals surface area (Å²) < 4.78 is 38.8. The first kappa shape index (κ1) is 11.9. The van der Waals surface area contributed by atoms with E-state index in [1.165, 1.54) is 6.92 Å². The predicted octanol–water partition coefficient (Wildman–Crippen LogP) is 4.04. The number of hydrogen-bond donors (Lipinski definition) is 0. The Kier molecular flexibility index (Phi) is 3.02. The average Bonchev–Trinajstić information content (AvgIpc) is 2.74. The van der Waals surface area contributed by atoms with Crippen LogP contribution in [0.25, 0.3) is 10.4 Å². The summed E-state index contributed by atoms with van der Waals surface area (Å²) >= 11 is 1.11. The lowest BCUT2D eigenvalue weighted by atomic mass is 10.1. The molecule has 0 saturated carbocycles. The number of rotatable bonds is 2. The van der Waals surface area contributed by atoms with E-state index in [9.17, 15) is 18.0 Å². The largest absolute Gasteiger partial charge is 0.294 e. The smallest absolute Gasteiger partial charge is 0.194 e. The molecular weight excluding hydrogens is 249 g/mol. The molecule has 88 valence electrons. The zero-order chi connectivity index (χ0) is 12.6. The van der Waals surface area contributed by atoms with Crippen molar-refractivity contribution in [3.05, 3.63) is 46.6 Å². The van der Waals surface area contributed by atoms with Gasteiger partial charge in [0.1, 0.15) is 0 Å². The van der Waals surface area contributed by atoms with Gasteiger partial charge in [0.15, 0.2) is 23.2 Å². The SMILES string of the molecule is CC(=O)c1ccc(-c2cc(F)c(F)c(F)c2)s1. The van der Waals surface area contributed by atoms with Gasteiger partial charge in [0.05, 0.1) is 4.88 Å². The minimum atomic E-state index is -1.49. The number of carbonyl (C=O) groups is 1. The Hall–Kier alpha value is -1.62. The molecule has 0 atom stereocenters. The molecule has 0 amide bonds. The van der Waals surface area contributed by atoms with Gasteiger partial charge in [-0.25, -0.2) is 13.2 Å². The molecular formula is C12H7F3OS. The summed E-state index contributed by atoms with van der Waals surface area (Å²) in [6.07, 6.45) is 0. The summed E-state index contributed by atoms with van der Waals surface area (Å²) in [5.74, 6) is -4.09. The highest BCUT2D eigenvalue weighted by Crippen LogP contribution is 2.30. The number of thiophene rings is 1. The van der Waals surface area contributed by atoms with Crippen LogP contribution in [-0.4, -0.2) is 5.78 Å². The van der Waals surface area contributed by atoms with E-state index in [1.54, 1.807) is 12.1 Å². The van der Waals surface area contributed by atoms with Crippen LogP contribution in [0.2, 0.25) is 0 Å². The number of carbonyl (C=O) groups excluding carboxylic acids is 1. The van der Waals surface area contributed by atoms with Crippen molar-refractivity contribution in [1.29, 1.82) is 0 Å². The van der Waals surface area contributed by atoms with Crippen LogP contribution in [0.4, 0.5) is 13.2 Å². The van der Waals surface area contributed by atoms with Crippen molar-refractivity contribution in [1.82, 2.24) is 0 Å². The number of hydrogen-bond acceptors (Lipinski definition) is 2. The van der Waals surface area contributed by atoms with Gasteiger partial charge in [-0.15, -0.1) is 11.3 Å². The van der Waals surface area contributed by atoms with Gasteiger partial charge in [-0.3, -0.25) is 4.79 Å². The first-order valence-corrected chi connectivity index (χ1v) is 5.56. The Morgan fingerprint density at radius 2 is 1.71 bits per heavy atom. The number of halogens is 3. The molecule has 1 nitrogen and oxygen atoms in total. The van der Waals surface area contributed by atoms with Crippen molar-refractivity contribution in [3.8, 4) is 10.4 Å². The van der Waals surface area contributed by atoms with E-state index < -0.39 is 17.5 Å². The van der Waals surface area contributed by atoms with Gasteiger partial charge in [-0.05, 0) is 36.8 Å². The van der Waals surface area contributed by atoms with Crippen molar-refractivity contribution >= 4 is 17.1 Å². The molecule has 0 aliphatic heterocycles. The lowest BCUT2D eigenvalue weighted by molar-refractivity contribution is 0.102. The first-order valence-electron chi connectivity index (χ1n) is 4.74. The third-order valence-corrected chi connectivity index (χ3v) is 3.46. The predicted molar refractivity (Wildman–Crippen MR) is 59.6 cm³/mol. The third-order valence-electron chi connectivity index (χ3n) is 2.22. The molecule has 1 heterocycles. The molecule has 2 aromatic rings. The fourth-order valence-electron chi connectivity index (χ4n) is 1.38. The second kappa shape index (κ2) is 4.33. The van der Waals surface area contributed by atoms with Gasteiger partial charge < -0.3 is 0 Å². The maximum absolute atomic E-state index is 13.0. The highest BCUT2D eigenvalue weighted by atomic mass is 32.1. The van der Waals surface area contributed by atoms with Crippen molar-refractivity contribution in [2.24, 2.45) is 0 Å². The molecule has 17 heavy (non-hydrogen) atoms. The summed E-state index contributed by atoms with van der Waals surface area (Å²) in [6.45, 7) is 1.40. The molecule has 0 unspecified atom stereocenters. The summed E-state index contributed by atoms with van der Waals surface area (Å²) in [7, 11) is 0. The summed E-state index contributed by atoms with van der Waals surface area (Å²) in [5, 5.41) is 0. The maximum atomic E-state index is 13.0. The van der Waals surface area contributed by atoms with Crippen LogP contribution < -0.4 is 0 Å². The van der Waals surface area contributed by atoms with E-state index in [2.05, 4.69) is 0 Å². The fourth-order valence-corrected chi connectivity index (χ4v) is 2.27. The van der Waals surface area contributed by atoms with Crippen molar-refractivity contribution in [3.63, 3.8) is 0 Å². The lowest BCUT2D eigenvalue weighted by Crippen LogP contribution is -1.90. The van der Waals surface area contributed by atoms with Crippen molar-refractivity contribution in [2.45, 2.75) is 6.92 Å². The molecule has 0 radical (unpaired) electrons. The van der Waals surface area contributed by atoms with E-state index in [1.807, 2.05) is 0 Å². The maximum Gasteiger partial charge on any atom is 0.194 e. The molecule has 0 spiro atoms. The number of Topliss-reactive ketones (excluding diaryl/α,β-unsaturated/α-hetero) is 1. The van der Waals surface area contributed by atoms with Gasteiger partial charge in [0.25, 0.3) is 0 Å². The molecule has 0 N–H and O–H groups in total. The van der Waals surface area contributed by atoms with Gasteiger partial charge in [0, 0.05) is 4.88 Å². The fraction of sp³-hybridized carbons (Fsp3) is 0.0833. The van der Waals surface area contributed by atoms with Gasteiger partial charge in [-0.1, -0.05) is 0 Å². The van der Waals surface area contributed by atoms with E-state index in [4.69, 9.17) is 0 Å². The lowest BCUT2D eigenvalue weighted by Gasteiger charge is -2.00. The average molecular weight is 256 g/mol. The molecule has 1 aromatic carbocycles. The number of benzene rings is 1. The summed E-state index contributed by atoms with van der Waals surface area (Å²) in [6, 6.07) is 4.97. The van der Waals surface area contributed by atoms with Gasteiger partial charge in [0.2, 0.25) is 0 Å².